The van der Waals surface area contributed by atoms with Gasteiger partial charge in [0.2, 0.25) is 0 Å². The lowest BCUT2D eigenvalue weighted by Crippen LogP contribution is -2.48. The maximum atomic E-state index is 5.70. The van der Waals surface area contributed by atoms with E-state index in [-0.39, 0.29) is 6.17 Å². The van der Waals surface area contributed by atoms with Gasteiger partial charge in [-0.15, -0.1) is 0 Å². The standard InChI is InChI=1S/C7H16N2/c1-5-3-6(2)9-7(8)4-5/h5-7,9H,3-4,8H2,1-2H3. The Morgan fingerprint density at radius 3 is 2.44 bits per heavy atom. The lowest BCUT2D eigenvalue weighted by molar-refractivity contribution is 0.271. The van der Waals surface area contributed by atoms with E-state index >= 15 is 0 Å². The molecule has 1 fully saturated rings. The van der Waals surface area contributed by atoms with Crippen molar-refractivity contribution in [3.63, 3.8) is 0 Å². The number of nitrogens with one attached hydrogen (secondary N) is 1. The lowest BCUT2D eigenvalue weighted by Gasteiger charge is -2.30. The quantitative estimate of drug-likeness (QED) is 0.503. The highest BCUT2D eigenvalue weighted by Gasteiger charge is 2.19. The van der Waals surface area contributed by atoms with Crippen molar-refractivity contribution in [3.05, 3.63) is 0 Å². The van der Waals surface area contributed by atoms with Gasteiger partial charge in [-0.3, -0.25) is 5.32 Å². The van der Waals surface area contributed by atoms with Crippen LogP contribution in [0.4, 0.5) is 0 Å². The van der Waals surface area contributed by atoms with Crippen LogP contribution in [0.2, 0.25) is 0 Å². The first-order chi connectivity index (χ1) is 4.18. The molecule has 3 N–H and O–H groups in total. The van der Waals surface area contributed by atoms with Gasteiger partial charge in [0, 0.05) is 6.04 Å². The van der Waals surface area contributed by atoms with Gasteiger partial charge in [0.15, 0.2) is 0 Å². The van der Waals surface area contributed by atoms with Gasteiger partial charge in [-0.2, -0.15) is 0 Å². The third kappa shape index (κ3) is 1.95. The van der Waals surface area contributed by atoms with E-state index in [1.165, 1.54) is 6.42 Å². The monoisotopic (exact) mass is 128 g/mol. The fourth-order valence-corrected chi connectivity index (χ4v) is 1.63. The highest BCUT2D eigenvalue weighted by atomic mass is 15.1. The van der Waals surface area contributed by atoms with E-state index in [9.17, 15) is 0 Å². The minimum absolute atomic E-state index is 0.240. The number of hydrogen-bond acceptors (Lipinski definition) is 2. The van der Waals surface area contributed by atoms with Crippen LogP contribution < -0.4 is 11.1 Å². The molecule has 0 radical (unpaired) electrons. The van der Waals surface area contributed by atoms with Crippen molar-refractivity contribution in [1.82, 2.24) is 5.32 Å². The summed E-state index contributed by atoms with van der Waals surface area (Å²) in [5, 5.41) is 3.29. The Kier molecular flexibility index (Phi) is 2.09. The van der Waals surface area contributed by atoms with Crippen molar-refractivity contribution in [2.75, 3.05) is 0 Å². The molecule has 1 saturated heterocycles. The molecule has 2 heteroatoms. The van der Waals surface area contributed by atoms with Gasteiger partial charge in [-0.05, 0) is 25.7 Å². The van der Waals surface area contributed by atoms with Gasteiger partial charge in [0.05, 0.1) is 6.17 Å². The molecule has 0 spiro atoms. The fraction of sp³-hybridized carbons (Fsp3) is 1.00. The van der Waals surface area contributed by atoms with Gasteiger partial charge >= 0.3 is 0 Å². The first kappa shape index (κ1) is 7.03. The molecule has 0 amide bonds. The molecule has 0 aliphatic carbocycles. The van der Waals surface area contributed by atoms with Crippen LogP contribution in [-0.4, -0.2) is 12.2 Å². The van der Waals surface area contributed by atoms with E-state index in [4.69, 9.17) is 5.73 Å². The summed E-state index contributed by atoms with van der Waals surface area (Å²) in [6.07, 6.45) is 2.64. The summed E-state index contributed by atoms with van der Waals surface area (Å²) in [5.41, 5.74) is 5.70. The molecule has 0 bridgehead atoms. The van der Waals surface area contributed by atoms with Crippen molar-refractivity contribution in [2.24, 2.45) is 11.7 Å². The van der Waals surface area contributed by atoms with Crippen molar-refractivity contribution in [1.29, 1.82) is 0 Å². The summed E-state index contributed by atoms with van der Waals surface area (Å²) < 4.78 is 0. The zero-order valence-corrected chi connectivity index (χ0v) is 6.22. The van der Waals surface area contributed by atoms with E-state index < -0.39 is 0 Å². The third-order valence-corrected chi connectivity index (χ3v) is 1.91. The van der Waals surface area contributed by atoms with Crippen molar-refractivity contribution in [2.45, 2.75) is 38.9 Å². The fourth-order valence-electron chi connectivity index (χ4n) is 1.63. The second-order valence-electron chi connectivity index (χ2n) is 3.25. The van der Waals surface area contributed by atoms with Gasteiger partial charge in [-0.1, -0.05) is 6.92 Å². The Morgan fingerprint density at radius 2 is 2.00 bits per heavy atom. The number of nitrogens with two attached hydrogens (primary N) is 1. The molecule has 54 valence electrons. The molecular weight excluding hydrogens is 112 g/mol. The van der Waals surface area contributed by atoms with E-state index in [0.717, 1.165) is 12.3 Å². The van der Waals surface area contributed by atoms with Crippen LogP contribution >= 0.6 is 0 Å². The summed E-state index contributed by atoms with van der Waals surface area (Å²) in [4.78, 5) is 0. The predicted octanol–water partition coefficient (Wildman–Crippen LogP) is 0.679. The van der Waals surface area contributed by atoms with Crippen molar-refractivity contribution < 1.29 is 0 Å². The maximum absolute atomic E-state index is 5.70. The van der Waals surface area contributed by atoms with E-state index in [2.05, 4.69) is 19.2 Å². The summed E-state index contributed by atoms with van der Waals surface area (Å²) >= 11 is 0. The molecule has 3 atom stereocenters. The van der Waals surface area contributed by atoms with Gasteiger partial charge in [0.1, 0.15) is 0 Å². The van der Waals surface area contributed by atoms with Crippen molar-refractivity contribution in [3.8, 4) is 0 Å². The molecular formula is C7H16N2. The lowest BCUT2D eigenvalue weighted by atomic mass is 9.93. The minimum Gasteiger partial charge on any atom is -0.316 e. The molecule has 1 aliphatic heterocycles. The van der Waals surface area contributed by atoms with Crippen molar-refractivity contribution >= 4 is 0 Å². The smallest absolute Gasteiger partial charge is 0.0550 e. The predicted molar refractivity (Wildman–Crippen MR) is 39.0 cm³/mol. The molecule has 0 aromatic rings. The molecule has 1 rings (SSSR count). The zero-order valence-electron chi connectivity index (χ0n) is 6.22. The zero-order chi connectivity index (χ0) is 6.85. The summed E-state index contributed by atoms with van der Waals surface area (Å²) in [6, 6.07) is 0.615. The summed E-state index contributed by atoms with van der Waals surface area (Å²) in [7, 11) is 0. The molecule has 9 heavy (non-hydrogen) atoms. The highest BCUT2D eigenvalue weighted by molar-refractivity contribution is 4.77. The Balaban J connectivity index is 2.34. The second-order valence-corrected chi connectivity index (χ2v) is 3.25. The average molecular weight is 128 g/mol. The van der Waals surface area contributed by atoms with Crippen LogP contribution in [-0.2, 0) is 0 Å². The highest BCUT2D eigenvalue weighted by Crippen LogP contribution is 2.16. The normalized spacial score (nSPS) is 45.0. The average Bonchev–Trinajstić information content (AvgIpc) is 1.59. The summed E-state index contributed by atoms with van der Waals surface area (Å²) in [5.74, 6) is 0.802. The first-order valence-corrected chi connectivity index (χ1v) is 3.70. The minimum atomic E-state index is 0.240. The number of rotatable bonds is 0. The van der Waals surface area contributed by atoms with Crippen LogP contribution in [0, 0.1) is 5.92 Å². The van der Waals surface area contributed by atoms with Gasteiger partial charge in [0.25, 0.3) is 0 Å². The molecule has 1 aliphatic rings. The van der Waals surface area contributed by atoms with Crippen LogP contribution in [0.3, 0.4) is 0 Å². The number of piperidine rings is 1. The molecule has 3 unspecified atom stereocenters. The third-order valence-electron chi connectivity index (χ3n) is 1.91. The maximum Gasteiger partial charge on any atom is 0.0550 e. The Bertz CT molecular complexity index is 67.9. The molecule has 0 aromatic carbocycles. The van der Waals surface area contributed by atoms with Crippen LogP contribution in [0.15, 0.2) is 0 Å². The van der Waals surface area contributed by atoms with Gasteiger partial charge < -0.3 is 5.73 Å². The van der Waals surface area contributed by atoms with Crippen LogP contribution in [0.25, 0.3) is 0 Å². The molecule has 0 saturated carbocycles. The second kappa shape index (κ2) is 2.67. The Labute approximate surface area is 56.8 Å². The number of hydrogen-bond donors (Lipinski definition) is 2. The SMILES string of the molecule is CC1CC(C)NC(N)C1. The van der Waals surface area contributed by atoms with Crippen LogP contribution in [0.5, 0.6) is 0 Å². The molecule has 2 nitrogen and oxygen atoms in total. The first-order valence-electron chi connectivity index (χ1n) is 3.70. The van der Waals surface area contributed by atoms with E-state index in [0.29, 0.717) is 6.04 Å². The van der Waals surface area contributed by atoms with Crippen LogP contribution in [0.1, 0.15) is 26.7 Å². The van der Waals surface area contributed by atoms with E-state index in [1.54, 1.807) is 0 Å². The largest absolute Gasteiger partial charge is 0.316 e. The molecule has 0 aromatic heterocycles. The Morgan fingerprint density at radius 1 is 1.33 bits per heavy atom. The molecule has 1 heterocycles. The summed E-state index contributed by atoms with van der Waals surface area (Å²) in [6.45, 7) is 4.45. The Hall–Kier alpha value is -0.0800. The van der Waals surface area contributed by atoms with Gasteiger partial charge in [-0.25, -0.2) is 0 Å². The topological polar surface area (TPSA) is 38.0 Å². The van der Waals surface area contributed by atoms with E-state index in [1.807, 2.05) is 0 Å².